The summed E-state index contributed by atoms with van der Waals surface area (Å²) in [5, 5.41) is 37.7. The number of rotatable bonds is 26. The van der Waals surface area contributed by atoms with Crippen LogP contribution >= 0.6 is 0 Å². The Morgan fingerprint density at radius 2 is 1.51 bits per heavy atom. The highest BCUT2D eigenvalue weighted by Gasteiger charge is 2.40. The lowest BCUT2D eigenvalue weighted by atomic mass is 9.96. The molecule has 7 amide bonds. The van der Waals surface area contributed by atoms with Crippen molar-refractivity contribution in [1.29, 1.82) is 0 Å². The fraction of sp³-hybridized carbons (Fsp3) is 0.571. The van der Waals surface area contributed by atoms with E-state index in [0.29, 0.717) is 30.5 Å². The summed E-state index contributed by atoms with van der Waals surface area (Å²) in [5.74, 6) is -7.09. The van der Waals surface area contributed by atoms with Crippen LogP contribution in [0, 0.1) is 11.8 Å². The number of phenolic OH excluding ortho intramolecular Hbond substituents is 1. The lowest BCUT2D eigenvalue weighted by Crippen LogP contribution is -2.62. The number of hydrogen-bond donors (Lipinski definition) is 12. The molecule has 65 heavy (non-hydrogen) atoms. The zero-order valence-corrected chi connectivity index (χ0v) is 37.5. The third-order valence-corrected chi connectivity index (χ3v) is 10.8. The van der Waals surface area contributed by atoms with Crippen LogP contribution in [0.4, 0.5) is 0 Å². The van der Waals surface area contributed by atoms with Crippen LogP contribution in [0.25, 0.3) is 0 Å². The number of phenols is 1. The minimum absolute atomic E-state index is 0.0371. The Balaban J connectivity index is 1.91. The Kier molecular flexibility index (Phi) is 21.1. The number of aliphatic carboxylic acids is 1. The minimum atomic E-state index is -1.34. The van der Waals surface area contributed by atoms with Crippen molar-refractivity contribution in [2.45, 2.75) is 109 Å². The third-order valence-electron chi connectivity index (χ3n) is 10.8. The van der Waals surface area contributed by atoms with Crippen LogP contribution < -0.4 is 48.7 Å². The summed E-state index contributed by atoms with van der Waals surface area (Å²) >= 11 is 0. The number of aromatic nitrogens is 2. The van der Waals surface area contributed by atoms with Gasteiger partial charge in [-0.2, -0.15) is 0 Å². The second-order valence-electron chi connectivity index (χ2n) is 16.3. The number of nitrogens with one attached hydrogen (secondary N) is 8. The number of carboxylic acid groups (broad SMARTS) is 1. The van der Waals surface area contributed by atoms with Crippen molar-refractivity contribution in [3.8, 4) is 5.75 Å². The molecular formula is C42H65N13O10. The van der Waals surface area contributed by atoms with Gasteiger partial charge in [-0.1, -0.05) is 46.2 Å². The summed E-state index contributed by atoms with van der Waals surface area (Å²) in [6.45, 7) is 6.53. The summed E-state index contributed by atoms with van der Waals surface area (Å²) in [6, 6.07) is -1.16. The van der Waals surface area contributed by atoms with Gasteiger partial charge in [0, 0.05) is 37.8 Å². The summed E-state index contributed by atoms with van der Waals surface area (Å²) in [5.41, 5.74) is 11.9. The van der Waals surface area contributed by atoms with Crippen LogP contribution in [0.3, 0.4) is 0 Å². The average Bonchev–Trinajstić information content (AvgIpc) is 3.97. The number of amides is 7. The van der Waals surface area contributed by atoms with E-state index in [1.807, 2.05) is 0 Å². The maximum absolute atomic E-state index is 14.4. The summed E-state index contributed by atoms with van der Waals surface area (Å²) in [6.07, 6.45) is 4.26. The number of imidazole rings is 1. The van der Waals surface area contributed by atoms with Crippen molar-refractivity contribution in [1.82, 2.24) is 52.1 Å². The molecule has 1 aliphatic heterocycles. The predicted molar refractivity (Wildman–Crippen MR) is 237 cm³/mol. The van der Waals surface area contributed by atoms with Crippen LogP contribution in [-0.4, -0.2) is 148 Å². The Labute approximate surface area is 377 Å². The second-order valence-corrected chi connectivity index (χ2v) is 16.3. The Hall–Kier alpha value is -6.78. The topological polar surface area (TPSA) is 358 Å². The van der Waals surface area contributed by atoms with Crippen molar-refractivity contribution in [2.24, 2.45) is 28.3 Å². The zero-order chi connectivity index (χ0) is 48.2. The molecule has 1 fully saturated rings. The van der Waals surface area contributed by atoms with Gasteiger partial charge in [0.1, 0.15) is 48.5 Å². The molecular weight excluding hydrogens is 847 g/mol. The highest BCUT2D eigenvalue weighted by Crippen LogP contribution is 2.21. The molecule has 7 atom stereocenters. The molecule has 2 aromatic rings. The predicted octanol–water partition coefficient (Wildman–Crippen LogP) is -2.51. The molecule has 7 unspecified atom stereocenters. The van der Waals surface area contributed by atoms with E-state index < -0.39 is 102 Å². The number of carbonyl (C=O) groups is 8. The molecule has 2 heterocycles. The first-order chi connectivity index (χ1) is 30.8. The number of carbonyl (C=O) groups excluding carboxylic acids is 7. The van der Waals surface area contributed by atoms with Gasteiger partial charge in [-0.05, 0) is 62.3 Å². The molecule has 14 N–H and O–H groups in total. The van der Waals surface area contributed by atoms with Crippen LogP contribution in [0.2, 0.25) is 0 Å². The number of H-pyrrole nitrogens is 1. The standard InChI is InChI=1S/C42H65N13O10/c1-6-24(4)35(40(64)52-30(18-26-19-46-22-49-26)41(65)55-16-8-10-31(55)38(62)48-21-33(58)59)54-37(61)29(17-25-11-13-27(56)14-12-25)51-39(63)34(23(2)3)53-36(60)28(50-32(57)20-45-5)9-7-15-47-42(43)44/h11-14,19,22-24,28-31,34-35,45,56H,6-10,15-18,20-21H2,1-5H3,(H,46,49)(H,48,62)(H,50,57)(H,51,63)(H,52,64)(H,53,60)(H,54,61)(H,58,59)(H4,43,44,47). The Morgan fingerprint density at radius 3 is 2.11 bits per heavy atom. The van der Waals surface area contributed by atoms with E-state index in [0.717, 1.165) is 0 Å². The molecule has 1 saturated heterocycles. The average molecular weight is 912 g/mol. The number of aromatic hydroxyl groups is 1. The van der Waals surface area contributed by atoms with E-state index >= 15 is 0 Å². The first kappa shape index (κ1) is 52.6. The number of hydrogen-bond acceptors (Lipinski definition) is 12. The molecule has 3 rings (SSSR count). The van der Waals surface area contributed by atoms with Crippen LogP contribution in [0.5, 0.6) is 5.75 Å². The van der Waals surface area contributed by atoms with Gasteiger partial charge >= 0.3 is 5.97 Å². The van der Waals surface area contributed by atoms with Crippen molar-refractivity contribution < 1.29 is 48.6 Å². The van der Waals surface area contributed by atoms with Gasteiger partial charge in [0.25, 0.3) is 0 Å². The number of likely N-dealkylation sites (tertiary alicyclic amines) is 1. The van der Waals surface area contributed by atoms with Gasteiger partial charge in [0.05, 0.1) is 12.9 Å². The molecule has 1 aliphatic rings. The van der Waals surface area contributed by atoms with Crippen molar-refractivity contribution >= 4 is 53.3 Å². The van der Waals surface area contributed by atoms with Gasteiger partial charge in [-0.25, -0.2) is 4.98 Å². The van der Waals surface area contributed by atoms with Crippen LogP contribution in [0.15, 0.2) is 41.8 Å². The molecule has 358 valence electrons. The number of nitrogens with zero attached hydrogens (tertiary/aromatic N) is 3. The van der Waals surface area contributed by atoms with Gasteiger partial charge in [-0.3, -0.25) is 43.3 Å². The lowest BCUT2D eigenvalue weighted by molar-refractivity contribution is -0.143. The van der Waals surface area contributed by atoms with E-state index in [2.05, 4.69) is 52.2 Å². The maximum Gasteiger partial charge on any atom is 0.322 e. The number of likely N-dealkylation sites (N-methyl/N-ethyl adjacent to an activating group) is 1. The number of carboxylic acids is 1. The highest BCUT2D eigenvalue weighted by atomic mass is 16.4. The molecule has 0 spiro atoms. The van der Waals surface area contributed by atoms with Crippen molar-refractivity contribution in [3.05, 3.63) is 48.0 Å². The molecule has 0 aliphatic carbocycles. The third kappa shape index (κ3) is 17.0. The number of guanidine groups is 1. The fourth-order valence-electron chi connectivity index (χ4n) is 7.12. The quantitative estimate of drug-likeness (QED) is 0.0264. The number of aliphatic imine (C=N–C) groups is 1. The van der Waals surface area contributed by atoms with Crippen molar-refractivity contribution in [2.75, 3.05) is 33.2 Å². The van der Waals surface area contributed by atoms with Gasteiger partial charge < -0.3 is 68.8 Å². The summed E-state index contributed by atoms with van der Waals surface area (Å²) < 4.78 is 0. The van der Waals surface area contributed by atoms with Crippen LogP contribution in [-0.2, 0) is 51.2 Å². The van der Waals surface area contributed by atoms with Gasteiger partial charge in [-0.15, -0.1) is 0 Å². The summed E-state index contributed by atoms with van der Waals surface area (Å²) in [7, 11) is 1.57. The van der Waals surface area contributed by atoms with Crippen LogP contribution in [0.1, 0.15) is 71.1 Å². The monoisotopic (exact) mass is 911 g/mol. The van der Waals surface area contributed by atoms with E-state index in [-0.39, 0.29) is 57.0 Å². The first-order valence-electron chi connectivity index (χ1n) is 21.6. The smallest absolute Gasteiger partial charge is 0.322 e. The minimum Gasteiger partial charge on any atom is -0.508 e. The molecule has 23 heteroatoms. The largest absolute Gasteiger partial charge is 0.508 e. The SMILES string of the molecule is CCC(C)C(NC(=O)C(Cc1ccc(O)cc1)NC(=O)C(NC(=O)C(CCCN=C(N)N)NC(=O)CNC)C(C)C)C(=O)NC(Cc1cnc[nH]1)C(=O)N1CCCC1C(=O)NCC(=O)O. The Bertz CT molecular complexity index is 1960. The molecule has 1 aromatic carbocycles. The maximum atomic E-state index is 14.4. The molecule has 0 saturated carbocycles. The number of benzene rings is 1. The van der Waals surface area contributed by atoms with Gasteiger partial charge in [0.2, 0.25) is 41.4 Å². The number of aromatic amines is 1. The van der Waals surface area contributed by atoms with Crippen molar-refractivity contribution in [3.63, 3.8) is 0 Å². The molecule has 0 bridgehead atoms. The lowest BCUT2D eigenvalue weighted by Gasteiger charge is -2.31. The molecule has 1 aromatic heterocycles. The van der Waals surface area contributed by atoms with E-state index in [4.69, 9.17) is 16.6 Å². The normalized spacial score (nSPS) is 16.2. The van der Waals surface area contributed by atoms with E-state index in [1.165, 1.54) is 29.6 Å². The molecule has 23 nitrogen and oxygen atoms in total. The first-order valence-corrected chi connectivity index (χ1v) is 21.6. The second kappa shape index (κ2) is 26.1. The fourth-order valence-corrected chi connectivity index (χ4v) is 7.12. The number of nitrogens with two attached hydrogens (primary N) is 2. The summed E-state index contributed by atoms with van der Waals surface area (Å²) in [4.78, 5) is 119. The zero-order valence-electron chi connectivity index (χ0n) is 37.5. The van der Waals surface area contributed by atoms with Gasteiger partial charge in [0.15, 0.2) is 5.96 Å². The Morgan fingerprint density at radius 1 is 0.862 bits per heavy atom. The van der Waals surface area contributed by atoms with E-state index in [1.54, 1.807) is 46.9 Å². The molecule has 0 radical (unpaired) electrons. The highest BCUT2D eigenvalue weighted by molar-refractivity contribution is 5.98. The van der Waals surface area contributed by atoms with E-state index in [9.17, 15) is 43.5 Å².